The van der Waals surface area contributed by atoms with Crippen molar-refractivity contribution in [2.24, 2.45) is 0 Å². The monoisotopic (exact) mass is 88.1 g/mol. The van der Waals surface area contributed by atoms with Gasteiger partial charge in [0.05, 0.1) is 12.7 Å². The Kier molecular flexibility index (Phi) is 0.821. The Morgan fingerprint density at radius 3 is 2.50 bits per heavy atom. The summed E-state index contributed by atoms with van der Waals surface area (Å²) in [6.07, 6.45) is -0.102. The van der Waals surface area contributed by atoms with E-state index in [-0.39, 0.29) is 12.2 Å². The minimum Gasteiger partial charge on any atom is -0.391 e. The summed E-state index contributed by atoms with van der Waals surface area (Å²) in [7, 11) is 0. The molecule has 1 aliphatic rings. The fourth-order valence-electron chi connectivity index (χ4n) is 0.334. The molecular weight excluding hydrogens is 80.0 g/mol. The van der Waals surface area contributed by atoms with E-state index < -0.39 is 0 Å². The molecule has 0 aromatic rings. The third-order valence-electron chi connectivity index (χ3n) is 0.897. The summed E-state index contributed by atoms with van der Waals surface area (Å²) in [5.74, 6) is 0. The average molecular weight is 88.1 g/mol. The molecular formula is C4H8O2. The van der Waals surface area contributed by atoms with E-state index in [1.807, 2.05) is 0 Å². The molecule has 2 unspecified atom stereocenters. The van der Waals surface area contributed by atoms with E-state index in [0.717, 1.165) is 6.61 Å². The molecule has 0 aromatic carbocycles. The fraction of sp³-hybridized carbons (Fsp3) is 1.00. The number of aliphatic hydroxyl groups is 1. The minimum absolute atomic E-state index is 0.157. The molecule has 1 fully saturated rings. The van der Waals surface area contributed by atoms with Crippen LogP contribution in [0.4, 0.5) is 0 Å². The molecule has 1 saturated heterocycles. The second kappa shape index (κ2) is 1.21. The summed E-state index contributed by atoms with van der Waals surface area (Å²) in [6.45, 7) is 2.48. The van der Waals surface area contributed by atoms with Crippen LogP contribution in [0.25, 0.3) is 0 Å². The molecule has 1 aliphatic heterocycles. The van der Waals surface area contributed by atoms with E-state index in [9.17, 15) is 0 Å². The molecule has 1 rings (SSSR count). The van der Waals surface area contributed by atoms with Crippen molar-refractivity contribution in [1.82, 2.24) is 0 Å². The lowest BCUT2D eigenvalue weighted by Gasteiger charge is -1.90. The quantitative estimate of drug-likeness (QED) is 0.449. The van der Waals surface area contributed by atoms with Crippen LogP contribution in [0.1, 0.15) is 6.92 Å². The molecule has 1 heterocycles. The first-order valence-electron chi connectivity index (χ1n) is 2.10. The maximum Gasteiger partial charge on any atom is 0.106 e. The predicted octanol–water partition coefficient (Wildman–Crippen LogP) is -0.234. The molecule has 2 atom stereocenters. The lowest BCUT2D eigenvalue weighted by molar-refractivity contribution is 0.153. The Balaban J connectivity index is 2.13. The Hall–Kier alpha value is -0.0800. The SMILES string of the molecule is CC(O)C1CO1. The van der Waals surface area contributed by atoms with Crippen LogP contribution in [0.2, 0.25) is 0 Å². The van der Waals surface area contributed by atoms with Crippen molar-refractivity contribution in [3.63, 3.8) is 0 Å². The zero-order chi connectivity index (χ0) is 4.57. The minimum atomic E-state index is -0.259. The number of epoxide rings is 1. The number of ether oxygens (including phenoxy) is 1. The van der Waals surface area contributed by atoms with Gasteiger partial charge in [-0.05, 0) is 6.92 Å². The zero-order valence-electron chi connectivity index (χ0n) is 3.72. The molecule has 0 aliphatic carbocycles. The highest BCUT2D eigenvalue weighted by molar-refractivity contribution is 4.73. The number of aliphatic hydroxyl groups excluding tert-OH is 1. The molecule has 6 heavy (non-hydrogen) atoms. The first-order valence-corrected chi connectivity index (χ1v) is 2.10. The summed E-state index contributed by atoms with van der Waals surface area (Å²) < 4.78 is 4.72. The van der Waals surface area contributed by atoms with Crippen LogP contribution < -0.4 is 0 Å². The van der Waals surface area contributed by atoms with Crippen LogP contribution in [0, 0.1) is 0 Å². The Labute approximate surface area is 36.7 Å². The van der Waals surface area contributed by atoms with Crippen LogP contribution in [0.5, 0.6) is 0 Å². The summed E-state index contributed by atoms with van der Waals surface area (Å²) in [4.78, 5) is 0. The first-order chi connectivity index (χ1) is 2.80. The molecule has 0 spiro atoms. The average Bonchev–Trinajstić information content (AvgIpc) is 2.06. The van der Waals surface area contributed by atoms with Crippen LogP contribution in [0.3, 0.4) is 0 Å². The molecule has 2 nitrogen and oxygen atoms in total. The van der Waals surface area contributed by atoms with Crippen molar-refractivity contribution < 1.29 is 9.84 Å². The molecule has 0 aromatic heterocycles. The summed E-state index contributed by atoms with van der Waals surface area (Å²) in [6, 6.07) is 0. The van der Waals surface area contributed by atoms with Gasteiger partial charge in [0.15, 0.2) is 0 Å². The molecule has 36 valence electrons. The standard InChI is InChI=1S/C4H8O2/c1-3(5)4-2-6-4/h3-5H,2H2,1H3. The van der Waals surface area contributed by atoms with Gasteiger partial charge in [-0.1, -0.05) is 0 Å². The third kappa shape index (κ3) is 0.698. The second-order valence-electron chi connectivity index (χ2n) is 1.61. The van der Waals surface area contributed by atoms with Crippen LogP contribution >= 0.6 is 0 Å². The van der Waals surface area contributed by atoms with Crippen molar-refractivity contribution in [3.8, 4) is 0 Å². The van der Waals surface area contributed by atoms with Gasteiger partial charge in [-0.25, -0.2) is 0 Å². The number of rotatable bonds is 1. The van der Waals surface area contributed by atoms with Gasteiger partial charge in [0.25, 0.3) is 0 Å². The van der Waals surface area contributed by atoms with Crippen molar-refractivity contribution in [2.75, 3.05) is 6.61 Å². The highest BCUT2D eigenvalue weighted by atomic mass is 16.6. The molecule has 1 N–H and O–H groups in total. The smallest absolute Gasteiger partial charge is 0.106 e. The van der Waals surface area contributed by atoms with E-state index >= 15 is 0 Å². The van der Waals surface area contributed by atoms with Gasteiger partial charge in [-0.2, -0.15) is 0 Å². The van der Waals surface area contributed by atoms with E-state index in [1.54, 1.807) is 6.92 Å². The van der Waals surface area contributed by atoms with Crippen LogP contribution in [0.15, 0.2) is 0 Å². The lowest BCUT2D eigenvalue weighted by Crippen LogP contribution is -2.07. The normalized spacial score (nSPS) is 36.0. The van der Waals surface area contributed by atoms with Crippen LogP contribution in [-0.2, 0) is 4.74 Å². The van der Waals surface area contributed by atoms with Gasteiger partial charge < -0.3 is 9.84 Å². The molecule has 0 radical (unpaired) electrons. The van der Waals surface area contributed by atoms with Crippen LogP contribution in [-0.4, -0.2) is 23.9 Å². The van der Waals surface area contributed by atoms with E-state index in [2.05, 4.69) is 0 Å². The number of hydrogen-bond donors (Lipinski definition) is 1. The van der Waals surface area contributed by atoms with Gasteiger partial charge in [-0.3, -0.25) is 0 Å². The summed E-state index contributed by atoms with van der Waals surface area (Å²) in [5, 5.41) is 8.57. The van der Waals surface area contributed by atoms with Crippen molar-refractivity contribution >= 4 is 0 Å². The molecule has 0 saturated carbocycles. The lowest BCUT2D eigenvalue weighted by atomic mass is 10.3. The Bertz CT molecular complexity index is 47.5. The molecule has 0 bridgehead atoms. The van der Waals surface area contributed by atoms with E-state index in [1.165, 1.54) is 0 Å². The van der Waals surface area contributed by atoms with Gasteiger partial charge >= 0.3 is 0 Å². The third-order valence-corrected chi connectivity index (χ3v) is 0.897. The zero-order valence-corrected chi connectivity index (χ0v) is 3.72. The largest absolute Gasteiger partial charge is 0.391 e. The van der Waals surface area contributed by atoms with Gasteiger partial charge in [-0.15, -0.1) is 0 Å². The van der Waals surface area contributed by atoms with Crippen molar-refractivity contribution in [3.05, 3.63) is 0 Å². The molecule has 0 amide bonds. The van der Waals surface area contributed by atoms with Crippen molar-refractivity contribution in [2.45, 2.75) is 19.1 Å². The maximum atomic E-state index is 8.57. The highest BCUT2D eigenvalue weighted by Gasteiger charge is 2.27. The molecule has 2 heteroatoms. The fourth-order valence-corrected chi connectivity index (χ4v) is 0.334. The van der Waals surface area contributed by atoms with Gasteiger partial charge in [0.2, 0.25) is 0 Å². The van der Waals surface area contributed by atoms with Crippen molar-refractivity contribution in [1.29, 1.82) is 0 Å². The summed E-state index contributed by atoms with van der Waals surface area (Å²) >= 11 is 0. The van der Waals surface area contributed by atoms with E-state index in [4.69, 9.17) is 9.84 Å². The summed E-state index contributed by atoms with van der Waals surface area (Å²) in [5.41, 5.74) is 0. The predicted molar refractivity (Wildman–Crippen MR) is 21.4 cm³/mol. The van der Waals surface area contributed by atoms with E-state index in [0.29, 0.717) is 0 Å². The first kappa shape index (κ1) is 4.09. The topological polar surface area (TPSA) is 32.8 Å². The Morgan fingerprint density at radius 2 is 2.50 bits per heavy atom. The van der Waals surface area contributed by atoms with Gasteiger partial charge in [0.1, 0.15) is 6.10 Å². The highest BCUT2D eigenvalue weighted by Crippen LogP contribution is 2.12. The maximum absolute atomic E-state index is 8.57. The second-order valence-corrected chi connectivity index (χ2v) is 1.61. The van der Waals surface area contributed by atoms with Gasteiger partial charge in [0, 0.05) is 0 Å². The number of hydrogen-bond acceptors (Lipinski definition) is 2. The Morgan fingerprint density at radius 1 is 2.00 bits per heavy atom.